The summed E-state index contributed by atoms with van der Waals surface area (Å²) in [7, 11) is -2.21. The summed E-state index contributed by atoms with van der Waals surface area (Å²) in [5, 5.41) is 3.96. The number of benzene rings is 3. The van der Waals surface area contributed by atoms with Crippen LogP contribution >= 0.6 is 0 Å². The van der Waals surface area contributed by atoms with Crippen LogP contribution in [-0.4, -0.2) is 26.4 Å². The van der Waals surface area contributed by atoms with Gasteiger partial charge in [0.05, 0.1) is 21.4 Å². The molecular formula is C28H23N3O6S. The summed E-state index contributed by atoms with van der Waals surface area (Å²) < 4.78 is 38.3. The van der Waals surface area contributed by atoms with Crippen LogP contribution in [0.5, 0.6) is 5.75 Å². The molecule has 0 radical (unpaired) electrons. The monoisotopic (exact) mass is 529 g/mol. The molecule has 3 aromatic carbocycles. The van der Waals surface area contributed by atoms with E-state index >= 15 is 0 Å². The quantitative estimate of drug-likeness (QED) is 0.270. The topological polar surface area (TPSA) is 128 Å². The van der Waals surface area contributed by atoms with Crippen molar-refractivity contribution in [1.29, 1.82) is 0 Å². The molecule has 10 heteroatoms. The van der Waals surface area contributed by atoms with Crippen LogP contribution in [0.3, 0.4) is 0 Å². The Bertz CT molecular complexity index is 1830. The van der Waals surface area contributed by atoms with Crippen molar-refractivity contribution in [2.75, 3.05) is 7.05 Å². The summed E-state index contributed by atoms with van der Waals surface area (Å²) in [6.07, 6.45) is 0. The number of fused-ring (bicyclic) bond motifs is 2. The number of ether oxygens (including phenoxy) is 1. The first kappa shape index (κ1) is 25.2. The first-order chi connectivity index (χ1) is 18.2. The van der Waals surface area contributed by atoms with Crippen molar-refractivity contribution < 1.29 is 22.4 Å². The number of pyridine rings is 1. The Morgan fingerprint density at radius 2 is 1.79 bits per heavy atom. The first-order valence-electron chi connectivity index (χ1n) is 11.7. The molecule has 5 rings (SSSR count). The van der Waals surface area contributed by atoms with Crippen LogP contribution in [0.4, 0.5) is 0 Å². The summed E-state index contributed by atoms with van der Waals surface area (Å²) in [6.45, 7) is 3.84. The van der Waals surface area contributed by atoms with Crippen molar-refractivity contribution in [2.24, 2.45) is 5.18 Å². The Morgan fingerprint density at radius 1 is 1.05 bits per heavy atom. The highest BCUT2D eigenvalue weighted by Crippen LogP contribution is 2.37. The highest BCUT2D eigenvalue weighted by Gasteiger charge is 2.22. The molecule has 0 aliphatic heterocycles. The minimum absolute atomic E-state index is 0.0500. The Labute approximate surface area is 218 Å². The molecule has 1 amide bonds. The second-order valence-electron chi connectivity index (χ2n) is 8.75. The number of nitroso groups, excluding NO2 is 1. The molecule has 2 heterocycles. The fraction of sp³-hybridized carbons (Fsp3) is 0.143. The number of carbonyl (C=O) groups excluding carboxylic acids is 1. The molecule has 5 aromatic rings. The Morgan fingerprint density at radius 3 is 2.47 bits per heavy atom. The Balaban J connectivity index is 1.59. The minimum atomic E-state index is -3.56. The van der Waals surface area contributed by atoms with Crippen molar-refractivity contribution in [3.05, 3.63) is 93.9 Å². The second kappa shape index (κ2) is 9.81. The molecule has 0 aliphatic carbocycles. The smallest absolute Gasteiger partial charge is 0.317 e. The van der Waals surface area contributed by atoms with E-state index in [1.165, 1.54) is 25.2 Å². The number of hydrogen-bond acceptors (Lipinski definition) is 7. The van der Waals surface area contributed by atoms with Crippen LogP contribution < -0.4 is 9.46 Å². The average Bonchev–Trinajstić information content (AvgIpc) is 3.28. The largest absolute Gasteiger partial charge is 0.488 e. The van der Waals surface area contributed by atoms with Gasteiger partial charge in [0.25, 0.3) is 0 Å². The van der Waals surface area contributed by atoms with Crippen LogP contribution in [0.2, 0.25) is 0 Å². The van der Waals surface area contributed by atoms with Gasteiger partial charge in [-0.1, -0.05) is 36.4 Å². The first-order valence-corrected chi connectivity index (χ1v) is 13.2. The van der Waals surface area contributed by atoms with Crippen LogP contribution in [0.1, 0.15) is 27.0 Å². The number of nitrogens with one attached hydrogen (secondary N) is 1. The number of nitrogens with zero attached hydrogens (tertiary/aromatic N) is 2. The molecule has 0 saturated heterocycles. The maximum Gasteiger partial charge on any atom is 0.317 e. The van der Waals surface area contributed by atoms with E-state index in [9.17, 15) is 18.1 Å². The molecule has 0 atom stereocenters. The van der Waals surface area contributed by atoms with Gasteiger partial charge in [-0.25, -0.2) is 18.1 Å². The predicted molar refractivity (Wildman–Crippen MR) is 144 cm³/mol. The molecule has 9 nitrogen and oxygen atoms in total. The van der Waals surface area contributed by atoms with Gasteiger partial charge in [0.15, 0.2) is 5.76 Å². The van der Waals surface area contributed by atoms with Gasteiger partial charge in [-0.15, -0.1) is 4.91 Å². The number of amides is 1. The van der Waals surface area contributed by atoms with Gasteiger partial charge in [-0.2, -0.15) is 0 Å². The van der Waals surface area contributed by atoms with Crippen molar-refractivity contribution in [2.45, 2.75) is 25.3 Å². The summed E-state index contributed by atoms with van der Waals surface area (Å²) >= 11 is 0. The molecule has 0 aliphatic rings. The zero-order valence-electron chi connectivity index (χ0n) is 20.8. The average molecular weight is 530 g/mol. The lowest BCUT2D eigenvalue weighted by molar-refractivity contribution is 0.100. The van der Waals surface area contributed by atoms with Crippen LogP contribution in [0.15, 0.2) is 81.2 Å². The van der Waals surface area contributed by atoms with Crippen LogP contribution in [0, 0.1) is 18.8 Å². The summed E-state index contributed by atoms with van der Waals surface area (Å²) in [5.41, 5.74) is 3.95. The van der Waals surface area contributed by atoms with Gasteiger partial charge in [-0.3, -0.25) is 4.79 Å². The number of rotatable bonds is 7. The molecule has 2 aromatic heterocycles. The Hall–Kier alpha value is -4.41. The third kappa shape index (κ3) is 4.44. The van der Waals surface area contributed by atoms with Gasteiger partial charge in [0, 0.05) is 16.1 Å². The van der Waals surface area contributed by atoms with Gasteiger partial charge in [0.2, 0.25) is 10.0 Å². The third-order valence-corrected chi connectivity index (χ3v) is 7.84. The van der Waals surface area contributed by atoms with Crippen molar-refractivity contribution in [3.63, 3.8) is 0 Å². The van der Waals surface area contributed by atoms with E-state index in [-0.39, 0.29) is 17.1 Å². The zero-order chi connectivity index (χ0) is 27.0. The lowest BCUT2D eigenvalue weighted by atomic mass is 10.0. The standard InChI is InChI=1S/C28H23N3O6S/c1-16-8-13-24(36-15-18-9-11-19(12-10-18)38(34,35)29-3)25-21(28(32)31-33)14-22(30-26(16)25)27-17(2)20-6-4-5-7-23(20)37-27/h4-14,29H,15H2,1-3H3. The second-order valence-corrected chi connectivity index (χ2v) is 10.6. The van der Waals surface area contributed by atoms with Gasteiger partial charge in [0.1, 0.15) is 23.6 Å². The van der Waals surface area contributed by atoms with Crippen molar-refractivity contribution in [1.82, 2.24) is 9.71 Å². The van der Waals surface area contributed by atoms with Crippen LogP contribution in [0.25, 0.3) is 33.3 Å². The van der Waals surface area contributed by atoms with Gasteiger partial charge in [-0.05, 0) is 62.4 Å². The number of sulfonamides is 1. The van der Waals surface area contributed by atoms with E-state index in [2.05, 4.69) is 9.90 Å². The van der Waals surface area contributed by atoms with E-state index in [0.29, 0.717) is 39.3 Å². The van der Waals surface area contributed by atoms with E-state index in [1.807, 2.05) is 44.2 Å². The molecule has 0 unspecified atom stereocenters. The number of hydrogen-bond donors (Lipinski definition) is 1. The molecule has 0 saturated carbocycles. The van der Waals surface area contributed by atoms with E-state index in [0.717, 1.165) is 16.5 Å². The summed E-state index contributed by atoms with van der Waals surface area (Å²) in [4.78, 5) is 29.0. The normalized spacial score (nSPS) is 11.7. The number of aromatic nitrogens is 1. The Kier molecular flexibility index (Phi) is 6.52. The number of aryl methyl sites for hydroxylation is 2. The molecular weight excluding hydrogens is 506 g/mol. The maximum absolute atomic E-state index is 12.7. The molecule has 0 bridgehead atoms. The molecule has 38 heavy (non-hydrogen) atoms. The maximum atomic E-state index is 12.7. The zero-order valence-corrected chi connectivity index (χ0v) is 21.6. The van der Waals surface area contributed by atoms with Gasteiger partial charge < -0.3 is 9.15 Å². The fourth-order valence-electron chi connectivity index (χ4n) is 4.36. The third-order valence-electron chi connectivity index (χ3n) is 6.41. The fourth-order valence-corrected chi connectivity index (χ4v) is 5.09. The SMILES string of the molecule is CNS(=O)(=O)c1ccc(COc2ccc(C)c3nc(-c4oc5ccccc5c4C)cc(C(=O)N=O)c23)cc1. The summed E-state index contributed by atoms with van der Waals surface area (Å²) in [6, 6.07) is 18.8. The number of carbonyl (C=O) groups is 1. The highest BCUT2D eigenvalue weighted by atomic mass is 32.2. The lowest BCUT2D eigenvalue weighted by Gasteiger charge is -2.14. The van der Waals surface area contributed by atoms with E-state index < -0.39 is 15.9 Å². The molecule has 0 spiro atoms. The van der Waals surface area contributed by atoms with E-state index in [4.69, 9.17) is 14.1 Å². The van der Waals surface area contributed by atoms with E-state index in [1.54, 1.807) is 18.2 Å². The number of furan rings is 1. The molecule has 1 N–H and O–H groups in total. The number of para-hydroxylation sites is 1. The predicted octanol–water partition coefficient (Wildman–Crippen LogP) is 5.66. The minimum Gasteiger partial charge on any atom is -0.488 e. The van der Waals surface area contributed by atoms with Crippen LogP contribution in [-0.2, 0) is 16.6 Å². The highest BCUT2D eigenvalue weighted by molar-refractivity contribution is 7.89. The molecule has 192 valence electrons. The summed E-state index contributed by atoms with van der Waals surface area (Å²) in [5.74, 6) is -0.121. The lowest BCUT2D eigenvalue weighted by Crippen LogP contribution is -2.18. The van der Waals surface area contributed by atoms with Crippen molar-refractivity contribution in [3.8, 4) is 17.2 Å². The van der Waals surface area contributed by atoms with Gasteiger partial charge >= 0.3 is 5.91 Å². The van der Waals surface area contributed by atoms with Crippen molar-refractivity contribution >= 4 is 37.8 Å². The molecule has 0 fully saturated rings.